The number of thioether (sulfide) groups is 2. The Bertz CT molecular complexity index is 1620. The number of ether oxygens (including phenoxy) is 2. The Hall–Kier alpha value is -4.26. The van der Waals surface area contributed by atoms with Crippen LogP contribution in [0.5, 0.6) is 5.75 Å². The van der Waals surface area contributed by atoms with E-state index in [2.05, 4.69) is 36.4 Å². The summed E-state index contributed by atoms with van der Waals surface area (Å²) < 4.78 is 11.0. The van der Waals surface area contributed by atoms with Crippen LogP contribution in [0.3, 0.4) is 0 Å². The molecule has 0 saturated carbocycles. The van der Waals surface area contributed by atoms with Crippen molar-refractivity contribution in [1.29, 1.82) is 0 Å². The van der Waals surface area contributed by atoms with Gasteiger partial charge in [-0.25, -0.2) is 0 Å². The van der Waals surface area contributed by atoms with Gasteiger partial charge in [0, 0.05) is 21.3 Å². The molecular formula is C37H30O4S2. The quantitative estimate of drug-likeness (QED) is 0.0496. The monoisotopic (exact) mass is 602 g/mol. The molecule has 1 aliphatic rings. The third-order valence-electron chi connectivity index (χ3n) is 7.40. The van der Waals surface area contributed by atoms with E-state index < -0.39 is 21.9 Å². The van der Waals surface area contributed by atoms with Gasteiger partial charge >= 0.3 is 5.97 Å². The van der Waals surface area contributed by atoms with Crippen LogP contribution >= 0.6 is 23.5 Å². The van der Waals surface area contributed by atoms with E-state index in [-0.39, 0.29) is 12.4 Å². The summed E-state index contributed by atoms with van der Waals surface area (Å²) in [6, 6.07) is 47.4. The second-order valence-electron chi connectivity index (χ2n) is 10.2. The highest BCUT2D eigenvalue weighted by molar-refractivity contribution is 8.17. The average Bonchev–Trinajstić information content (AvgIpc) is 3.46. The first-order chi connectivity index (χ1) is 21.1. The first kappa shape index (κ1) is 28.8. The summed E-state index contributed by atoms with van der Waals surface area (Å²) in [4.78, 5) is 29.9. The van der Waals surface area contributed by atoms with E-state index in [1.54, 1.807) is 41.7 Å². The normalized spacial score (nSPS) is 16.4. The molecule has 0 aliphatic carbocycles. The van der Waals surface area contributed by atoms with Crippen molar-refractivity contribution in [3.8, 4) is 5.75 Å². The summed E-state index contributed by atoms with van der Waals surface area (Å²) in [5.74, 6) is -1.63. The van der Waals surface area contributed by atoms with Gasteiger partial charge in [-0.05, 0) is 47.5 Å². The topological polar surface area (TPSA) is 52.6 Å². The standard InChI is InChI=1S/C37H30O4S2/c38-35(28-16-13-19-30(24-28)40-25-27-14-5-1-6-15-27)34-33(26-41-36(34)39)37(29-17-7-2-8-18-29,42-31-20-9-3-10-21-31)43-32-22-11-4-12-23-32/h1-24,33-34H,25-26H2. The molecule has 1 fully saturated rings. The minimum Gasteiger partial charge on any atom is -0.489 e. The van der Waals surface area contributed by atoms with Crippen LogP contribution in [-0.2, 0) is 20.2 Å². The Balaban J connectivity index is 1.39. The molecule has 2 unspecified atom stereocenters. The van der Waals surface area contributed by atoms with Gasteiger partial charge in [-0.2, -0.15) is 0 Å². The van der Waals surface area contributed by atoms with Crippen LogP contribution in [0.4, 0.5) is 0 Å². The minimum atomic E-state index is -0.989. The zero-order chi connectivity index (χ0) is 29.5. The number of esters is 1. The van der Waals surface area contributed by atoms with E-state index in [1.807, 2.05) is 91.0 Å². The highest BCUT2D eigenvalue weighted by Gasteiger charge is 2.55. The zero-order valence-corrected chi connectivity index (χ0v) is 25.0. The van der Waals surface area contributed by atoms with Gasteiger partial charge in [0.1, 0.15) is 22.4 Å². The van der Waals surface area contributed by atoms with Crippen LogP contribution in [0.15, 0.2) is 155 Å². The molecule has 6 heteroatoms. The molecule has 0 N–H and O–H groups in total. The number of hydrogen-bond donors (Lipinski definition) is 0. The van der Waals surface area contributed by atoms with Gasteiger partial charge in [0.15, 0.2) is 5.78 Å². The summed E-state index contributed by atoms with van der Waals surface area (Å²) in [6.45, 7) is 0.513. The van der Waals surface area contributed by atoms with Crippen LogP contribution in [0.25, 0.3) is 0 Å². The number of ketones is 1. The average molecular weight is 603 g/mol. The predicted octanol–water partition coefficient (Wildman–Crippen LogP) is 8.68. The second kappa shape index (κ2) is 13.4. The van der Waals surface area contributed by atoms with Crippen LogP contribution in [-0.4, -0.2) is 18.4 Å². The summed E-state index contributed by atoms with van der Waals surface area (Å²) in [7, 11) is 0. The summed E-state index contributed by atoms with van der Waals surface area (Å²) in [5, 5.41) is 0. The minimum absolute atomic E-state index is 0.133. The van der Waals surface area contributed by atoms with Crippen molar-refractivity contribution in [3.05, 3.63) is 162 Å². The van der Waals surface area contributed by atoms with Gasteiger partial charge < -0.3 is 9.47 Å². The molecule has 43 heavy (non-hydrogen) atoms. The fourth-order valence-electron chi connectivity index (χ4n) is 5.30. The van der Waals surface area contributed by atoms with Gasteiger partial charge in [0.05, 0.1) is 6.61 Å². The molecule has 0 aromatic heterocycles. The molecule has 214 valence electrons. The Morgan fingerprint density at radius 3 is 1.88 bits per heavy atom. The van der Waals surface area contributed by atoms with E-state index in [0.717, 1.165) is 20.9 Å². The predicted molar refractivity (Wildman–Crippen MR) is 172 cm³/mol. The van der Waals surface area contributed by atoms with Crippen molar-refractivity contribution < 1.29 is 19.1 Å². The summed E-state index contributed by atoms with van der Waals surface area (Å²) in [6.07, 6.45) is 0. The van der Waals surface area contributed by atoms with E-state index in [9.17, 15) is 9.59 Å². The van der Waals surface area contributed by atoms with Gasteiger partial charge in [-0.3, -0.25) is 9.59 Å². The van der Waals surface area contributed by atoms with E-state index in [0.29, 0.717) is 17.9 Å². The summed E-state index contributed by atoms with van der Waals surface area (Å²) in [5.41, 5.74) is 2.47. The molecule has 1 aliphatic heterocycles. The molecule has 6 rings (SSSR count). The molecule has 0 amide bonds. The van der Waals surface area contributed by atoms with E-state index in [1.165, 1.54) is 0 Å². The largest absolute Gasteiger partial charge is 0.489 e. The van der Waals surface area contributed by atoms with Crippen LogP contribution in [0.2, 0.25) is 0 Å². The molecule has 4 nitrogen and oxygen atoms in total. The van der Waals surface area contributed by atoms with Crippen LogP contribution in [0, 0.1) is 11.8 Å². The van der Waals surface area contributed by atoms with E-state index >= 15 is 0 Å². The fourth-order valence-corrected chi connectivity index (χ4v) is 8.55. The smallest absolute Gasteiger partial charge is 0.317 e. The van der Waals surface area contributed by atoms with Crippen molar-refractivity contribution in [1.82, 2.24) is 0 Å². The fraction of sp³-hybridized carbons (Fsp3) is 0.135. The van der Waals surface area contributed by atoms with Crippen molar-refractivity contribution >= 4 is 35.3 Å². The summed E-state index contributed by atoms with van der Waals surface area (Å²) >= 11 is 3.32. The van der Waals surface area contributed by atoms with Crippen LogP contribution < -0.4 is 4.74 Å². The number of rotatable bonds is 11. The lowest BCUT2D eigenvalue weighted by Crippen LogP contribution is -2.38. The zero-order valence-electron chi connectivity index (χ0n) is 23.4. The second-order valence-corrected chi connectivity index (χ2v) is 13.1. The Labute approximate surface area is 260 Å². The van der Waals surface area contributed by atoms with Gasteiger partial charge in [0.2, 0.25) is 0 Å². The van der Waals surface area contributed by atoms with Crippen molar-refractivity contribution in [3.63, 3.8) is 0 Å². The van der Waals surface area contributed by atoms with Gasteiger partial charge in [-0.1, -0.05) is 109 Å². The number of cyclic esters (lactones) is 1. The molecule has 0 spiro atoms. The molecule has 5 aromatic rings. The van der Waals surface area contributed by atoms with Crippen molar-refractivity contribution in [2.45, 2.75) is 20.5 Å². The van der Waals surface area contributed by atoms with Crippen molar-refractivity contribution in [2.24, 2.45) is 11.8 Å². The van der Waals surface area contributed by atoms with Crippen molar-refractivity contribution in [2.75, 3.05) is 6.61 Å². The first-order valence-electron chi connectivity index (χ1n) is 14.1. The Morgan fingerprint density at radius 1 is 0.721 bits per heavy atom. The Kier molecular flexibility index (Phi) is 8.96. The SMILES string of the molecule is O=C1OCC(C(Sc2ccccc2)(Sc2ccccc2)c2ccccc2)C1C(=O)c1cccc(OCc2ccccc2)c1. The number of Topliss-reactive ketones (excluding diaryl/α,β-unsaturated/α-hetero) is 1. The number of carbonyl (C=O) groups is 2. The van der Waals surface area contributed by atoms with Crippen LogP contribution in [0.1, 0.15) is 21.5 Å². The molecule has 2 atom stereocenters. The lowest BCUT2D eigenvalue weighted by atomic mass is 9.83. The lowest BCUT2D eigenvalue weighted by Gasteiger charge is -2.39. The number of hydrogen-bond acceptors (Lipinski definition) is 6. The molecule has 5 aromatic carbocycles. The highest BCUT2D eigenvalue weighted by Crippen LogP contribution is 2.60. The Morgan fingerprint density at radius 2 is 1.28 bits per heavy atom. The number of benzene rings is 5. The van der Waals surface area contributed by atoms with Gasteiger partial charge in [-0.15, -0.1) is 23.5 Å². The molecular weight excluding hydrogens is 573 g/mol. The third kappa shape index (κ3) is 6.56. The molecule has 1 saturated heterocycles. The lowest BCUT2D eigenvalue weighted by molar-refractivity contribution is -0.140. The molecule has 1 heterocycles. The van der Waals surface area contributed by atoms with E-state index in [4.69, 9.17) is 9.47 Å². The molecule has 0 radical (unpaired) electrons. The maximum atomic E-state index is 14.3. The first-order valence-corrected chi connectivity index (χ1v) is 15.8. The maximum Gasteiger partial charge on any atom is 0.317 e. The maximum absolute atomic E-state index is 14.3. The van der Waals surface area contributed by atoms with Gasteiger partial charge in [0.25, 0.3) is 0 Å². The number of carbonyl (C=O) groups excluding carboxylic acids is 2. The third-order valence-corrected chi connectivity index (χ3v) is 10.6. The molecule has 0 bridgehead atoms. The highest BCUT2D eigenvalue weighted by atomic mass is 32.2.